The molecule has 4 rings (SSSR count). The Morgan fingerprint density at radius 3 is 2.48 bits per heavy atom. The second-order valence-electron chi connectivity index (χ2n) is 8.76. The third kappa shape index (κ3) is 3.75. The Bertz CT molecular complexity index is 882. The van der Waals surface area contributed by atoms with Crippen LogP contribution in [0.5, 0.6) is 0 Å². The summed E-state index contributed by atoms with van der Waals surface area (Å²) < 4.78 is 27.5. The summed E-state index contributed by atoms with van der Waals surface area (Å²) >= 11 is 0. The van der Waals surface area contributed by atoms with E-state index < -0.39 is 14.9 Å². The molecule has 1 aromatic carbocycles. The van der Waals surface area contributed by atoms with Crippen molar-refractivity contribution in [2.24, 2.45) is 11.8 Å². The average molecular weight is 423 g/mol. The molecule has 3 fully saturated rings. The van der Waals surface area contributed by atoms with Gasteiger partial charge in [0.2, 0.25) is 10.0 Å². The Labute approximate surface area is 172 Å². The zero-order valence-electron chi connectivity index (χ0n) is 17.2. The van der Waals surface area contributed by atoms with Gasteiger partial charge in [-0.25, -0.2) is 8.42 Å². The van der Waals surface area contributed by atoms with E-state index >= 15 is 0 Å². The van der Waals surface area contributed by atoms with Gasteiger partial charge in [0.05, 0.1) is 9.82 Å². The maximum atomic E-state index is 13.1. The predicted molar refractivity (Wildman–Crippen MR) is 112 cm³/mol. The van der Waals surface area contributed by atoms with E-state index in [1.54, 1.807) is 12.1 Å². The molecule has 3 atom stereocenters. The van der Waals surface area contributed by atoms with Crippen LogP contribution >= 0.6 is 0 Å². The van der Waals surface area contributed by atoms with Gasteiger partial charge in [0, 0.05) is 44.8 Å². The van der Waals surface area contributed by atoms with Crippen molar-refractivity contribution in [1.82, 2.24) is 9.21 Å². The molecule has 8 nitrogen and oxygen atoms in total. The van der Waals surface area contributed by atoms with Gasteiger partial charge in [-0.1, -0.05) is 19.8 Å². The van der Waals surface area contributed by atoms with Crippen LogP contribution < -0.4 is 4.90 Å². The molecular formula is C20H30N4O4S. The van der Waals surface area contributed by atoms with Crippen LogP contribution in [0.2, 0.25) is 0 Å². The second kappa shape index (κ2) is 7.85. The third-order valence-electron chi connectivity index (χ3n) is 6.95. The van der Waals surface area contributed by atoms with Crippen molar-refractivity contribution in [3.8, 4) is 0 Å². The molecule has 3 unspecified atom stereocenters. The zero-order chi connectivity index (χ0) is 20.8. The van der Waals surface area contributed by atoms with Crippen LogP contribution in [0.25, 0.3) is 0 Å². The molecule has 29 heavy (non-hydrogen) atoms. The van der Waals surface area contributed by atoms with Gasteiger partial charge in [-0.3, -0.25) is 10.1 Å². The number of sulfonamides is 1. The number of rotatable bonds is 4. The lowest BCUT2D eigenvalue weighted by Gasteiger charge is -2.33. The first kappa shape index (κ1) is 20.6. The molecule has 9 heteroatoms. The first-order valence-electron chi connectivity index (χ1n) is 10.5. The molecule has 2 aliphatic heterocycles. The monoisotopic (exact) mass is 422 g/mol. The quantitative estimate of drug-likeness (QED) is 0.547. The maximum absolute atomic E-state index is 13.1. The number of nitrogens with zero attached hydrogens (tertiary/aromatic N) is 4. The van der Waals surface area contributed by atoms with Crippen molar-refractivity contribution >= 4 is 21.4 Å². The highest BCUT2D eigenvalue weighted by molar-refractivity contribution is 7.89. The van der Waals surface area contributed by atoms with Gasteiger partial charge in [0.1, 0.15) is 5.69 Å². The van der Waals surface area contributed by atoms with E-state index in [9.17, 15) is 18.5 Å². The molecule has 3 aliphatic rings. The number of fused-ring (bicyclic) bond motifs is 1. The Morgan fingerprint density at radius 2 is 1.79 bits per heavy atom. The highest BCUT2D eigenvalue weighted by Crippen LogP contribution is 2.44. The molecule has 1 saturated carbocycles. The standard InChI is InChI=1S/C20H30N4O4S/c1-15-14-23(18-6-4-3-5-17(15)18)19-8-7-16(13-20(19)24(25)26)29(27,28)22-11-9-21(2)10-12-22/h7-8,13,15,17-18H,3-6,9-12,14H2,1-2H3. The Kier molecular flexibility index (Phi) is 5.56. The summed E-state index contributed by atoms with van der Waals surface area (Å²) in [6.07, 6.45) is 4.59. The van der Waals surface area contributed by atoms with Crippen LogP contribution in [0, 0.1) is 22.0 Å². The summed E-state index contributed by atoms with van der Waals surface area (Å²) in [5, 5.41) is 11.9. The first-order chi connectivity index (χ1) is 13.8. The minimum absolute atomic E-state index is 0.0185. The maximum Gasteiger partial charge on any atom is 0.293 e. The number of hydrogen-bond acceptors (Lipinski definition) is 6. The predicted octanol–water partition coefficient (Wildman–Crippen LogP) is 2.55. The first-order valence-corrected chi connectivity index (χ1v) is 12.0. The number of hydrogen-bond donors (Lipinski definition) is 0. The molecule has 0 N–H and O–H groups in total. The lowest BCUT2D eigenvalue weighted by Crippen LogP contribution is -2.47. The molecule has 0 aromatic heterocycles. The molecule has 0 radical (unpaired) electrons. The highest BCUT2D eigenvalue weighted by atomic mass is 32.2. The minimum atomic E-state index is -3.73. The van der Waals surface area contributed by atoms with Crippen LogP contribution in [0.1, 0.15) is 32.6 Å². The van der Waals surface area contributed by atoms with Gasteiger partial charge in [-0.05, 0) is 43.9 Å². The van der Waals surface area contributed by atoms with Crippen LogP contribution in [-0.4, -0.2) is 68.4 Å². The highest BCUT2D eigenvalue weighted by Gasteiger charge is 2.42. The molecule has 0 spiro atoms. The van der Waals surface area contributed by atoms with Crippen molar-refractivity contribution in [2.45, 2.75) is 43.5 Å². The summed E-state index contributed by atoms with van der Waals surface area (Å²) in [6.45, 7) is 5.15. The third-order valence-corrected chi connectivity index (χ3v) is 8.85. The van der Waals surface area contributed by atoms with Crippen molar-refractivity contribution < 1.29 is 13.3 Å². The fourth-order valence-corrected chi connectivity index (χ4v) is 6.72. The lowest BCUT2D eigenvalue weighted by atomic mass is 9.80. The fraction of sp³-hybridized carbons (Fsp3) is 0.700. The van der Waals surface area contributed by atoms with E-state index in [0.717, 1.165) is 19.4 Å². The largest absolute Gasteiger partial charge is 0.362 e. The van der Waals surface area contributed by atoms with Crippen molar-refractivity contribution in [2.75, 3.05) is 44.7 Å². The van der Waals surface area contributed by atoms with Crippen molar-refractivity contribution in [3.63, 3.8) is 0 Å². The number of likely N-dealkylation sites (N-methyl/N-ethyl adjacent to an activating group) is 1. The number of nitro groups is 1. The molecule has 0 amide bonds. The molecular weight excluding hydrogens is 392 g/mol. The van der Waals surface area contributed by atoms with Gasteiger partial charge in [0.15, 0.2) is 0 Å². The van der Waals surface area contributed by atoms with Gasteiger partial charge in [0.25, 0.3) is 5.69 Å². The van der Waals surface area contributed by atoms with Crippen molar-refractivity contribution in [3.05, 3.63) is 28.3 Å². The Hall–Kier alpha value is -1.71. The number of anilines is 1. The molecule has 1 aromatic rings. The Balaban J connectivity index is 1.67. The minimum Gasteiger partial charge on any atom is -0.362 e. The van der Waals surface area contributed by atoms with Gasteiger partial charge >= 0.3 is 0 Å². The summed E-state index contributed by atoms with van der Waals surface area (Å²) in [5.41, 5.74) is 0.465. The van der Waals surface area contributed by atoms with E-state index in [2.05, 4.69) is 16.7 Å². The summed E-state index contributed by atoms with van der Waals surface area (Å²) in [6, 6.07) is 4.79. The molecule has 1 aliphatic carbocycles. The van der Waals surface area contributed by atoms with E-state index in [0.29, 0.717) is 49.7 Å². The van der Waals surface area contributed by atoms with E-state index in [-0.39, 0.29) is 10.6 Å². The summed E-state index contributed by atoms with van der Waals surface area (Å²) in [7, 11) is -1.77. The summed E-state index contributed by atoms with van der Waals surface area (Å²) in [5.74, 6) is 1.06. The zero-order valence-corrected chi connectivity index (χ0v) is 18.0. The molecule has 0 bridgehead atoms. The summed E-state index contributed by atoms with van der Waals surface area (Å²) in [4.78, 5) is 15.7. The average Bonchev–Trinajstić information content (AvgIpc) is 3.04. The van der Waals surface area contributed by atoms with E-state index in [1.807, 2.05) is 7.05 Å². The van der Waals surface area contributed by atoms with Crippen LogP contribution in [0.3, 0.4) is 0 Å². The number of benzene rings is 1. The molecule has 2 heterocycles. The molecule has 160 valence electrons. The smallest absolute Gasteiger partial charge is 0.293 e. The van der Waals surface area contributed by atoms with Crippen LogP contribution in [-0.2, 0) is 10.0 Å². The normalized spacial score (nSPS) is 29.0. The Morgan fingerprint density at radius 1 is 1.10 bits per heavy atom. The molecule has 2 saturated heterocycles. The van der Waals surface area contributed by atoms with E-state index in [4.69, 9.17) is 0 Å². The number of piperazine rings is 1. The second-order valence-corrected chi connectivity index (χ2v) is 10.7. The van der Waals surface area contributed by atoms with E-state index in [1.165, 1.54) is 23.2 Å². The topological polar surface area (TPSA) is 87.0 Å². The van der Waals surface area contributed by atoms with Gasteiger partial charge in [-0.2, -0.15) is 4.31 Å². The van der Waals surface area contributed by atoms with Crippen LogP contribution in [0.4, 0.5) is 11.4 Å². The van der Waals surface area contributed by atoms with Gasteiger partial charge < -0.3 is 9.80 Å². The SMILES string of the molecule is CC1CN(c2ccc(S(=O)(=O)N3CCN(C)CC3)cc2[N+](=O)[O-])C2CCCCC12. The van der Waals surface area contributed by atoms with Crippen molar-refractivity contribution in [1.29, 1.82) is 0 Å². The van der Waals surface area contributed by atoms with Crippen LogP contribution in [0.15, 0.2) is 23.1 Å². The van der Waals surface area contributed by atoms with Gasteiger partial charge in [-0.15, -0.1) is 0 Å². The lowest BCUT2D eigenvalue weighted by molar-refractivity contribution is -0.384. The number of nitro benzene ring substituents is 1. The fourth-order valence-electron chi connectivity index (χ4n) is 5.28.